The first-order valence-corrected chi connectivity index (χ1v) is 8.79. The summed E-state index contributed by atoms with van der Waals surface area (Å²) in [5.41, 5.74) is -0.0339. The molecule has 0 bridgehead atoms. The van der Waals surface area contributed by atoms with Gasteiger partial charge in [0.05, 0.1) is 5.69 Å². The van der Waals surface area contributed by atoms with E-state index in [2.05, 4.69) is 45.6 Å². The third kappa shape index (κ3) is 4.45. The minimum atomic E-state index is -4.47. The SMILES string of the molecule is Cc1nc(N2CCN(c3cc(C(F)(F)F)ncn3)CC2)cc(C(C)(C)C)n1. The summed E-state index contributed by atoms with van der Waals surface area (Å²) < 4.78 is 38.6. The van der Waals surface area contributed by atoms with E-state index in [1.165, 1.54) is 0 Å². The van der Waals surface area contributed by atoms with Crippen molar-refractivity contribution in [1.29, 1.82) is 0 Å². The van der Waals surface area contributed by atoms with E-state index in [9.17, 15) is 13.2 Å². The maximum atomic E-state index is 12.9. The van der Waals surface area contributed by atoms with Crippen LogP contribution in [0.15, 0.2) is 18.5 Å². The van der Waals surface area contributed by atoms with Crippen molar-refractivity contribution in [3.63, 3.8) is 0 Å². The molecule has 146 valence electrons. The normalized spacial score (nSPS) is 16.0. The molecule has 0 N–H and O–H groups in total. The highest BCUT2D eigenvalue weighted by atomic mass is 19.4. The van der Waals surface area contributed by atoms with Crippen molar-refractivity contribution in [3.8, 4) is 0 Å². The molecule has 0 unspecified atom stereocenters. The van der Waals surface area contributed by atoms with Crippen LogP contribution in [-0.4, -0.2) is 46.1 Å². The Kier molecular flexibility index (Phi) is 4.96. The number of piperazine rings is 1. The maximum Gasteiger partial charge on any atom is 0.433 e. The second kappa shape index (κ2) is 6.94. The number of hydrogen-bond acceptors (Lipinski definition) is 6. The summed E-state index contributed by atoms with van der Waals surface area (Å²) in [6.07, 6.45) is -3.50. The van der Waals surface area contributed by atoms with E-state index in [1.54, 1.807) is 0 Å². The first-order chi connectivity index (χ1) is 12.5. The number of hydrogen-bond donors (Lipinski definition) is 0. The van der Waals surface area contributed by atoms with E-state index in [1.807, 2.05) is 17.9 Å². The van der Waals surface area contributed by atoms with Crippen LogP contribution in [0.25, 0.3) is 0 Å². The highest BCUT2D eigenvalue weighted by Crippen LogP contribution is 2.29. The molecule has 2 aromatic rings. The molecule has 1 saturated heterocycles. The molecule has 3 rings (SSSR count). The molecule has 0 aromatic carbocycles. The van der Waals surface area contributed by atoms with Gasteiger partial charge in [-0.05, 0) is 6.92 Å². The number of alkyl halides is 3. The first kappa shape index (κ1) is 19.3. The van der Waals surface area contributed by atoms with E-state index in [0.29, 0.717) is 37.8 Å². The predicted molar refractivity (Wildman–Crippen MR) is 96.9 cm³/mol. The first-order valence-electron chi connectivity index (χ1n) is 8.79. The van der Waals surface area contributed by atoms with Gasteiger partial charge in [-0.1, -0.05) is 20.8 Å². The number of rotatable bonds is 2. The molecule has 0 aliphatic carbocycles. The summed E-state index contributed by atoms with van der Waals surface area (Å²) in [6, 6.07) is 3.00. The summed E-state index contributed by atoms with van der Waals surface area (Å²) in [7, 11) is 0. The van der Waals surface area contributed by atoms with Gasteiger partial charge in [0.1, 0.15) is 29.5 Å². The Bertz CT molecular complexity index is 807. The lowest BCUT2D eigenvalue weighted by Gasteiger charge is -2.36. The van der Waals surface area contributed by atoms with Crippen LogP contribution in [0.5, 0.6) is 0 Å². The molecule has 0 atom stereocenters. The van der Waals surface area contributed by atoms with E-state index >= 15 is 0 Å². The largest absolute Gasteiger partial charge is 0.433 e. The average Bonchev–Trinajstić information content (AvgIpc) is 2.60. The number of halogens is 3. The van der Waals surface area contributed by atoms with Crippen molar-refractivity contribution in [2.45, 2.75) is 39.3 Å². The quantitative estimate of drug-likeness (QED) is 0.797. The van der Waals surface area contributed by atoms with Crippen molar-refractivity contribution >= 4 is 11.6 Å². The predicted octanol–water partition coefficient (Wildman–Crippen LogP) is 3.22. The second-order valence-electron chi connectivity index (χ2n) is 7.64. The van der Waals surface area contributed by atoms with Crippen molar-refractivity contribution in [3.05, 3.63) is 35.7 Å². The molecule has 6 nitrogen and oxygen atoms in total. The van der Waals surface area contributed by atoms with Crippen LogP contribution in [0.3, 0.4) is 0 Å². The zero-order chi connectivity index (χ0) is 19.8. The average molecular weight is 380 g/mol. The molecule has 0 spiro atoms. The third-order valence-corrected chi connectivity index (χ3v) is 4.46. The van der Waals surface area contributed by atoms with E-state index < -0.39 is 11.9 Å². The fourth-order valence-electron chi connectivity index (χ4n) is 2.94. The van der Waals surface area contributed by atoms with Crippen LogP contribution < -0.4 is 9.80 Å². The highest BCUT2D eigenvalue weighted by Gasteiger charge is 2.33. The summed E-state index contributed by atoms with van der Waals surface area (Å²) in [6.45, 7) is 10.6. The fourth-order valence-corrected chi connectivity index (χ4v) is 2.94. The van der Waals surface area contributed by atoms with Crippen molar-refractivity contribution < 1.29 is 13.2 Å². The van der Waals surface area contributed by atoms with Gasteiger partial charge in [0.25, 0.3) is 0 Å². The number of anilines is 2. The lowest BCUT2D eigenvalue weighted by atomic mass is 9.92. The number of aromatic nitrogens is 4. The van der Waals surface area contributed by atoms with Crippen LogP contribution in [0.1, 0.15) is 38.0 Å². The molecule has 2 aromatic heterocycles. The molecule has 0 amide bonds. The summed E-state index contributed by atoms with van der Waals surface area (Å²) >= 11 is 0. The van der Waals surface area contributed by atoms with E-state index in [0.717, 1.165) is 23.9 Å². The number of aryl methyl sites for hydroxylation is 1. The van der Waals surface area contributed by atoms with Gasteiger partial charge in [0.15, 0.2) is 0 Å². The Balaban J connectivity index is 1.74. The van der Waals surface area contributed by atoms with Gasteiger partial charge in [-0.2, -0.15) is 13.2 Å². The van der Waals surface area contributed by atoms with Gasteiger partial charge >= 0.3 is 6.18 Å². The molecule has 0 radical (unpaired) electrons. The van der Waals surface area contributed by atoms with E-state index in [4.69, 9.17) is 0 Å². The van der Waals surface area contributed by atoms with Crippen molar-refractivity contribution in [1.82, 2.24) is 19.9 Å². The number of nitrogens with zero attached hydrogens (tertiary/aromatic N) is 6. The summed E-state index contributed by atoms with van der Waals surface area (Å²) in [5, 5.41) is 0. The molecule has 0 saturated carbocycles. The minimum Gasteiger partial charge on any atom is -0.353 e. The molecule has 9 heteroatoms. The maximum absolute atomic E-state index is 12.9. The summed E-state index contributed by atoms with van der Waals surface area (Å²) in [5.74, 6) is 1.86. The fraction of sp³-hybridized carbons (Fsp3) is 0.556. The minimum absolute atomic E-state index is 0.0841. The van der Waals surface area contributed by atoms with Crippen LogP contribution in [0.4, 0.5) is 24.8 Å². The molecule has 1 aliphatic heterocycles. The van der Waals surface area contributed by atoms with Crippen molar-refractivity contribution in [2.75, 3.05) is 36.0 Å². The standard InChI is InChI=1S/C18H23F3N6/c1-12-24-13(17(2,3)4)9-16(25-12)27-7-5-26(6-8-27)15-10-14(18(19,20)21)22-11-23-15/h9-11H,5-8H2,1-4H3. The Hall–Kier alpha value is -2.45. The smallest absolute Gasteiger partial charge is 0.353 e. The molecule has 1 aliphatic rings. The van der Waals surface area contributed by atoms with E-state index in [-0.39, 0.29) is 5.41 Å². The van der Waals surface area contributed by atoms with Gasteiger partial charge in [0.2, 0.25) is 0 Å². The lowest BCUT2D eigenvalue weighted by molar-refractivity contribution is -0.141. The monoisotopic (exact) mass is 380 g/mol. The van der Waals surface area contributed by atoms with Gasteiger partial charge in [-0.15, -0.1) is 0 Å². The Labute approximate surface area is 156 Å². The molecule has 3 heterocycles. The molecule has 27 heavy (non-hydrogen) atoms. The topological polar surface area (TPSA) is 58.0 Å². The van der Waals surface area contributed by atoms with Gasteiger partial charge in [-0.25, -0.2) is 19.9 Å². The third-order valence-electron chi connectivity index (χ3n) is 4.46. The zero-order valence-corrected chi connectivity index (χ0v) is 15.9. The van der Waals surface area contributed by atoms with Crippen LogP contribution >= 0.6 is 0 Å². The molecular formula is C18H23F3N6. The molecule has 1 fully saturated rings. The van der Waals surface area contributed by atoms with Crippen molar-refractivity contribution in [2.24, 2.45) is 0 Å². The Morgan fingerprint density at radius 3 is 1.93 bits per heavy atom. The molecular weight excluding hydrogens is 357 g/mol. The Morgan fingerprint density at radius 2 is 1.37 bits per heavy atom. The highest BCUT2D eigenvalue weighted by molar-refractivity contribution is 5.46. The van der Waals surface area contributed by atoms with Gasteiger partial charge in [0, 0.05) is 43.7 Å². The Morgan fingerprint density at radius 1 is 0.815 bits per heavy atom. The lowest BCUT2D eigenvalue weighted by Crippen LogP contribution is -2.47. The van der Waals surface area contributed by atoms with Gasteiger partial charge in [-0.3, -0.25) is 0 Å². The zero-order valence-electron chi connectivity index (χ0n) is 15.9. The summed E-state index contributed by atoms with van der Waals surface area (Å²) in [4.78, 5) is 20.4. The van der Waals surface area contributed by atoms with Crippen LogP contribution in [0.2, 0.25) is 0 Å². The second-order valence-corrected chi connectivity index (χ2v) is 7.64. The van der Waals surface area contributed by atoms with Gasteiger partial charge < -0.3 is 9.80 Å². The van der Waals surface area contributed by atoms with Crippen LogP contribution in [-0.2, 0) is 11.6 Å². The van der Waals surface area contributed by atoms with Crippen LogP contribution in [0, 0.1) is 6.92 Å².